The fraction of sp³-hybridized carbons (Fsp3) is 0.432. The van der Waals surface area contributed by atoms with Crippen LogP contribution in [0.5, 0.6) is 0 Å². The van der Waals surface area contributed by atoms with Gasteiger partial charge in [-0.1, -0.05) is 82.5 Å². The second kappa shape index (κ2) is 13.6. The van der Waals surface area contributed by atoms with Crippen LogP contribution >= 0.6 is 0 Å². The molecular weight excluding hydrogens is 534 g/mol. The number of ether oxygens (including phenoxy) is 1. The molecule has 1 saturated carbocycles. The molecule has 6 heteroatoms. The molecular formula is C37H45N3O3. The summed E-state index contributed by atoms with van der Waals surface area (Å²) in [5.74, 6) is 0.0814. The number of esters is 1. The van der Waals surface area contributed by atoms with Gasteiger partial charge in [-0.2, -0.15) is 5.10 Å². The summed E-state index contributed by atoms with van der Waals surface area (Å²) < 4.78 is 7.19. The van der Waals surface area contributed by atoms with Gasteiger partial charge in [0.2, 0.25) is 0 Å². The lowest BCUT2D eigenvalue weighted by atomic mass is 9.81. The van der Waals surface area contributed by atoms with Crippen molar-refractivity contribution in [2.75, 3.05) is 13.2 Å². The summed E-state index contributed by atoms with van der Waals surface area (Å²) in [7, 11) is 0. The van der Waals surface area contributed by atoms with Crippen LogP contribution in [0, 0.1) is 5.92 Å². The number of aromatic nitrogens is 2. The summed E-state index contributed by atoms with van der Waals surface area (Å²) in [6, 6.07) is 23.8. The number of benzene rings is 3. The Morgan fingerprint density at radius 3 is 2.33 bits per heavy atom. The predicted octanol–water partition coefficient (Wildman–Crippen LogP) is 8.05. The van der Waals surface area contributed by atoms with Crippen molar-refractivity contribution in [1.82, 2.24) is 15.1 Å². The Balaban J connectivity index is 1.33. The summed E-state index contributed by atoms with van der Waals surface area (Å²) >= 11 is 0. The molecule has 1 heterocycles. The highest BCUT2D eigenvalue weighted by molar-refractivity contribution is 5.94. The standard InChI is InChI=1S/C37H45N3O3/c1-5-43-35(41)21-22-38-36(42)29-13-11-26(12-14-29)23-34(28-9-7-6-8-10-28)40-33-20-17-30(24-31(33)25-39-40)27-15-18-32(19-16-27)37(2,3)4/h11-20,24-25,28,34H,5-10,21-23H2,1-4H3,(H,38,42). The molecule has 1 N–H and O–H groups in total. The predicted molar refractivity (Wildman–Crippen MR) is 173 cm³/mol. The van der Waals surface area contributed by atoms with E-state index >= 15 is 0 Å². The van der Waals surface area contributed by atoms with E-state index in [1.165, 1.54) is 59.9 Å². The Bertz CT molecular complexity index is 1520. The van der Waals surface area contributed by atoms with Crippen molar-refractivity contribution in [2.45, 2.75) is 84.1 Å². The number of rotatable bonds is 10. The number of carbonyl (C=O) groups excluding carboxylic acids is 2. The zero-order valence-corrected chi connectivity index (χ0v) is 26.1. The second-order valence-electron chi connectivity index (χ2n) is 12.9. The van der Waals surface area contributed by atoms with Crippen molar-refractivity contribution in [3.63, 3.8) is 0 Å². The van der Waals surface area contributed by atoms with Crippen LogP contribution in [0.3, 0.4) is 0 Å². The summed E-state index contributed by atoms with van der Waals surface area (Å²) in [5, 5.41) is 8.94. The van der Waals surface area contributed by atoms with Crippen molar-refractivity contribution >= 4 is 22.8 Å². The Morgan fingerprint density at radius 1 is 0.953 bits per heavy atom. The summed E-state index contributed by atoms with van der Waals surface area (Å²) in [6.45, 7) is 9.11. The molecule has 5 rings (SSSR count). The normalized spacial score (nSPS) is 14.9. The maximum atomic E-state index is 12.6. The molecule has 0 spiro atoms. The number of hydrogen-bond donors (Lipinski definition) is 1. The van der Waals surface area contributed by atoms with Crippen LogP contribution in [0.2, 0.25) is 0 Å². The molecule has 0 aliphatic heterocycles. The van der Waals surface area contributed by atoms with Gasteiger partial charge in [0.05, 0.1) is 30.8 Å². The number of hydrogen-bond acceptors (Lipinski definition) is 4. The number of fused-ring (bicyclic) bond motifs is 1. The van der Waals surface area contributed by atoms with Gasteiger partial charge in [-0.15, -0.1) is 0 Å². The van der Waals surface area contributed by atoms with E-state index < -0.39 is 0 Å². The lowest BCUT2D eigenvalue weighted by Crippen LogP contribution is -2.26. The van der Waals surface area contributed by atoms with Crippen molar-refractivity contribution < 1.29 is 14.3 Å². The molecule has 4 aromatic rings. The maximum absolute atomic E-state index is 12.6. The van der Waals surface area contributed by atoms with Crippen LogP contribution in [-0.4, -0.2) is 34.8 Å². The first-order chi connectivity index (χ1) is 20.7. The molecule has 1 aliphatic rings. The van der Waals surface area contributed by atoms with Gasteiger partial charge < -0.3 is 10.1 Å². The van der Waals surface area contributed by atoms with Crippen LogP contribution in [0.25, 0.3) is 22.0 Å². The molecule has 6 nitrogen and oxygen atoms in total. The lowest BCUT2D eigenvalue weighted by Gasteiger charge is -2.31. The second-order valence-corrected chi connectivity index (χ2v) is 12.9. The molecule has 226 valence electrons. The van der Waals surface area contributed by atoms with E-state index in [1.54, 1.807) is 6.92 Å². The van der Waals surface area contributed by atoms with Crippen LogP contribution < -0.4 is 5.32 Å². The van der Waals surface area contributed by atoms with Crippen LogP contribution in [-0.2, 0) is 21.4 Å². The topological polar surface area (TPSA) is 73.2 Å². The van der Waals surface area contributed by atoms with Crippen molar-refractivity contribution in [3.8, 4) is 11.1 Å². The molecule has 0 saturated heterocycles. The fourth-order valence-corrected chi connectivity index (χ4v) is 6.28. The molecule has 1 aromatic heterocycles. The van der Waals surface area contributed by atoms with Crippen LogP contribution in [0.1, 0.15) is 93.7 Å². The molecule has 3 aromatic carbocycles. The zero-order valence-electron chi connectivity index (χ0n) is 26.1. The van der Waals surface area contributed by atoms with Gasteiger partial charge >= 0.3 is 5.97 Å². The minimum Gasteiger partial charge on any atom is -0.466 e. The molecule has 1 unspecified atom stereocenters. The minimum atomic E-state index is -0.302. The van der Waals surface area contributed by atoms with Crippen LogP contribution in [0.15, 0.2) is 72.9 Å². The molecule has 43 heavy (non-hydrogen) atoms. The fourth-order valence-electron chi connectivity index (χ4n) is 6.28. The van der Waals surface area contributed by atoms with Crippen molar-refractivity contribution in [1.29, 1.82) is 0 Å². The molecule has 1 amide bonds. The third-order valence-corrected chi connectivity index (χ3v) is 8.77. The minimum absolute atomic E-state index is 0.135. The monoisotopic (exact) mass is 579 g/mol. The highest BCUT2D eigenvalue weighted by Crippen LogP contribution is 2.37. The zero-order chi connectivity index (χ0) is 30.4. The average Bonchev–Trinajstić information content (AvgIpc) is 3.43. The first-order valence-corrected chi connectivity index (χ1v) is 15.8. The first-order valence-electron chi connectivity index (χ1n) is 15.8. The largest absolute Gasteiger partial charge is 0.466 e. The summed E-state index contributed by atoms with van der Waals surface area (Å²) in [5.41, 5.74) is 6.85. The Kier molecular flexibility index (Phi) is 9.64. The van der Waals surface area contributed by atoms with Gasteiger partial charge in [0.25, 0.3) is 5.91 Å². The van der Waals surface area contributed by atoms with E-state index in [2.05, 4.69) is 85.4 Å². The van der Waals surface area contributed by atoms with E-state index in [4.69, 9.17) is 9.84 Å². The SMILES string of the molecule is CCOC(=O)CCNC(=O)c1ccc(CC(C2CCCCC2)n2ncc3cc(-c4ccc(C(C)(C)C)cc4)ccc32)cc1. The highest BCUT2D eigenvalue weighted by atomic mass is 16.5. The van der Waals surface area contributed by atoms with Gasteiger partial charge in [-0.05, 0) is 84.0 Å². The molecule has 1 fully saturated rings. The maximum Gasteiger partial charge on any atom is 0.307 e. The Labute approximate surface area is 255 Å². The van der Waals surface area contributed by atoms with Gasteiger partial charge in [0.1, 0.15) is 0 Å². The van der Waals surface area contributed by atoms with E-state index in [9.17, 15) is 9.59 Å². The average molecular weight is 580 g/mol. The van der Waals surface area contributed by atoms with Gasteiger partial charge in [-0.25, -0.2) is 0 Å². The molecule has 0 radical (unpaired) electrons. The smallest absolute Gasteiger partial charge is 0.307 e. The Morgan fingerprint density at radius 2 is 1.65 bits per heavy atom. The molecule has 1 atom stereocenters. The quantitative estimate of drug-likeness (QED) is 0.193. The van der Waals surface area contributed by atoms with Crippen LogP contribution in [0.4, 0.5) is 0 Å². The summed E-state index contributed by atoms with van der Waals surface area (Å²) in [4.78, 5) is 24.2. The van der Waals surface area contributed by atoms with E-state index in [0.29, 0.717) is 18.1 Å². The van der Waals surface area contributed by atoms with Crippen molar-refractivity contribution in [2.24, 2.45) is 5.92 Å². The Hall–Kier alpha value is -3.93. The van der Waals surface area contributed by atoms with Crippen molar-refractivity contribution in [3.05, 3.63) is 89.6 Å². The van der Waals surface area contributed by atoms with E-state index in [0.717, 1.165) is 11.8 Å². The summed E-state index contributed by atoms with van der Waals surface area (Å²) in [6.07, 6.45) is 9.31. The number of amides is 1. The van der Waals surface area contributed by atoms with Gasteiger partial charge in [0.15, 0.2) is 0 Å². The first kappa shape index (κ1) is 30.5. The number of carbonyl (C=O) groups is 2. The number of nitrogens with zero attached hydrogens (tertiary/aromatic N) is 2. The third kappa shape index (κ3) is 7.54. The van der Waals surface area contributed by atoms with Gasteiger partial charge in [-0.3, -0.25) is 14.3 Å². The molecule has 0 bridgehead atoms. The number of nitrogens with one attached hydrogen (secondary N) is 1. The van der Waals surface area contributed by atoms with E-state index in [-0.39, 0.29) is 36.3 Å². The molecule has 1 aliphatic carbocycles. The highest BCUT2D eigenvalue weighted by Gasteiger charge is 2.27. The van der Waals surface area contributed by atoms with E-state index in [1.807, 2.05) is 18.3 Å². The third-order valence-electron chi connectivity index (χ3n) is 8.77. The lowest BCUT2D eigenvalue weighted by molar-refractivity contribution is -0.142. The van der Waals surface area contributed by atoms with Gasteiger partial charge in [0, 0.05) is 17.5 Å².